The molecule has 0 spiro atoms. The summed E-state index contributed by atoms with van der Waals surface area (Å²) in [7, 11) is 0. The van der Waals surface area contributed by atoms with Crippen LogP contribution >= 0.6 is 0 Å². The molecule has 0 aliphatic heterocycles. The molecule has 1 aromatic carbocycles. The van der Waals surface area contributed by atoms with Gasteiger partial charge >= 0.3 is 0 Å². The minimum atomic E-state index is -0.450. The normalized spacial score (nSPS) is 25.2. The van der Waals surface area contributed by atoms with Crippen LogP contribution in [0.2, 0.25) is 0 Å². The number of hydrogen-bond acceptors (Lipinski definition) is 1. The highest BCUT2D eigenvalue weighted by atomic mass is 19.1. The molecule has 3 atom stereocenters. The summed E-state index contributed by atoms with van der Waals surface area (Å²) in [6, 6.07) is 3.41. The molecule has 1 fully saturated rings. The molecule has 1 aliphatic rings. The molecule has 86 valence electrons. The minimum Gasteiger partial charge on any atom is -0.369 e. The van der Waals surface area contributed by atoms with Crippen LogP contribution in [0.25, 0.3) is 0 Å². The lowest BCUT2D eigenvalue weighted by Gasteiger charge is -2.07. The van der Waals surface area contributed by atoms with E-state index >= 15 is 0 Å². The summed E-state index contributed by atoms with van der Waals surface area (Å²) in [4.78, 5) is 11.0. The van der Waals surface area contributed by atoms with Crippen LogP contribution < -0.4 is 5.73 Å². The first-order chi connectivity index (χ1) is 7.50. The first-order valence-electron chi connectivity index (χ1n) is 5.25. The molecule has 1 amide bonds. The molecular weight excluding hydrogens is 212 g/mol. The van der Waals surface area contributed by atoms with Crippen molar-refractivity contribution in [1.82, 2.24) is 0 Å². The van der Waals surface area contributed by atoms with Gasteiger partial charge in [-0.2, -0.15) is 0 Å². The van der Waals surface area contributed by atoms with E-state index in [9.17, 15) is 13.6 Å². The summed E-state index contributed by atoms with van der Waals surface area (Å²) in [5.74, 6) is -1.55. The Labute approximate surface area is 92.4 Å². The van der Waals surface area contributed by atoms with Crippen LogP contribution in [-0.4, -0.2) is 5.91 Å². The number of halogens is 2. The summed E-state index contributed by atoms with van der Waals surface area (Å²) in [6.45, 7) is 1.73. The molecule has 3 unspecified atom stereocenters. The second-order valence-electron chi connectivity index (χ2n) is 4.36. The molecule has 1 saturated carbocycles. The molecule has 0 radical (unpaired) electrons. The first kappa shape index (κ1) is 11.0. The van der Waals surface area contributed by atoms with Crippen molar-refractivity contribution in [2.24, 2.45) is 17.6 Å². The number of rotatable bonds is 3. The van der Waals surface area contributed by atoms with E-state index in [1.165, 1.54) is 6.07 Å². The van der Waals surface area contributed by atoms with Crippen molar-refractivity contribution >= 4 is 5.91 Å². The predicted octanol–water partition coefficient (Wildman–Crippen LogP) is 2.19. The fourth-order valence-corrected chi connectivity index (χ4v) is 2.13. The van der Waals surface area contributed by atoms with Gasteiger partial charge in [-0.25, -0.2) is 8.78 Å². The molecule has 0 heterocycles. The molecule has 16 heavy (non-hydrogen) atoms. The Morgan fingerprint density at radius 1 is 1.50 bits per heavy atom. The van der Waals surface area contributed by atoms with E-state index in [-0.39, 0.29) is 23.7 Å². The summed E-state index contributed by atoms with van der Waals surface area (Å²) in [5.41, 5.74) is 5.54. The van der Waals surface area contributed by atoms with E-state index in [1.54, 1.807) is 6.92 Å². The third-order valence-electron chi connectivity index (χ3n) is 3.29. The number of nitrogens with two attached hydrogens (primary N) is 1. The van der Waals surface area contributed by atoms with Gasteiger partial charge in [0.1, 0.15) is 11.6 Å². The van der Waals surface area contributed by atoms with Gasteiger partial charge in [-0.05, 0) is 42.0 Å². The lowest BCUT2D eigenvalue weighted by Crippen LogP contribution is -2.22. The monoisotopic (exact) mass is 225 g/mol. The molecular formula is C12H13F2NO. The Morgan fingerprint density at radius 2 is 2.19 bits per heavy atom. The third kappa shape index (κ3) is 1.92. The van der Waals surface area contributed by atoms with E-state index in [2.05, 4.69) is 0 Å². The fourth-order valence-electron chi connectivity index (χ4n) is 2.13. The average molecular weight is 225 g/mol. The quantitative estimate of drug-likeness (QED) is 0.841. The van der Waals surface area contributed by atoms with E-state index < -0.39 is 11.6 Å². The number of primary amides is 1. The third-order valence-corrected chi connectivity index (χ3v) is 3.29. The van der Waals surface area contributed by atoms with Crippen LogP contribution in [0.1, 0.15) is 24.8 Å². The Balaban J connectivity index is 2.17. The van der Waals surface area contributed by atoms with Gasteiger partial charge in [0.2, 0.25) is 5.91 Å². The number of carbonyl (C=O) groups is 1. The van der Waals surface area contributed by atoms with Gasteiger partial charge in [-0.1, -0.05) is 6.92 Å². The molecule has 0 bridgehead atoms. The first-order valence-corrected chi connectivity index (χ1v) is 5.25. The SMILES string of the molecule is CC(C(N)=O)C1CC1c1cc(F)ccc1F. The molecule has 2 rings (SSSR count). The fraction of sp³-hybridized carbons (Fsp3) is 0.417. The zero-order valence-electron chi connectivity index (χ0n) is 8.91. The topological polar surface area (TPSA) is 43.1 Å². The molecule has 0 saturated heterocycles. The highest BCUT2D eigenvalue weighted by Gasteiger charge is 2.45. The van der Waals surface area contributed by atoms with Crippen LogP contribution in [-0.2, 0) is 4.79 Å². The number of amides is 1. The summed E-state index contributed by atoms with van der Waals surface area (Å²) in [5, 5.41) is 0. The van der Waals surface area contributed by atoms with Gasteiger partial charge in [0.15, 0.2) is 0 Å². The standard InChI is InChI=1S/C12H13F2NO/c1-6(12(15)16)8-5-9(8)10-4-7(13)2-3-11(10)14/h2-4,6,8-9H,5H2,1H3,(H2,15,16). The highest BCUT2D eigenvalue weighted by Crippen LogP contribution is 2.52. The van der Waals surface area contributed by atoms with Crippen LogP contribution in [0, 0.1) is 23.5 Å². The molecule has 0 aromatic heterocycles. The Hall–Kier alpha value is -1.45. The van der Waals surface area contributed by atoms with Gasteiger partial charge in [0, 0.05) is 5.92 Å². The van der Waals surface area contributed by atoms with Crippen LogP contribution in [0.3, 0.4) is 0 Å². The smallest absolute Gasteiger partial charge is 0.220 e. The van der Waals surface area contributed by atoms with Crippen LogP contribution in [0.15, 0.2) is 18.2 Å². The highest BCUT2D eigenvalue weighted by molar-refractivity contribution is 5.77. The van der Waals surface area contributed by atoms with Crippen molar-refractivity contribution in [2.75, 3.05) is 0 Å². The van der Waals surface area contributed by atoms with Crippen LogP contribution in [0.5, 0.6) is 0 Å². The van der Waals surface area contributed by atoms with E-state index in [1.807, 2.05) is 0 Å². The number of hydrogen-bond donors (Lipinski definition) is 1. The Kier molecular flexibility index (Phi) is 2.66. The van der Waals surface area contributed by atoms with Gasteiger partial charge < -0.3 is 5.73 Å². The van der Waals surface area contributed by atoms with E-state index in [4.69, 9.17) is 5.73 Å². The molecule has 1 aliphatic carbocycles. The molecule has 4 heteroatoms. The van der Waals surface area contributed by atoms with Gasteiger partial charge in [0.05, 0.1) is 0 Å². The minimum absolute atomic E-state index is 0.0498. The second kappa shape index (κ2) is 3.85. The number of benzene rings is 1. The zero-order chi connectivity index (χ0) is 11.9. The van der Waals surface area contributed by atoms with Crippen molar-refractivity contribution in [3.8, 4) is 0 Å². The van der Waals surface area contributed by atoms with E-state index in [0.717, 1.165) is 12.1 Å². The lowest BCUT2D eigenvalue weighted by atomic mass is 10.0. The van der Waals surface area contributed by atoms with Crippen molar-refractivity contribution in [1.29, 1.82) is 0 Å². The second-order valence-corrected chi connectivity index (χ2v) is 4.36. The molecule has 2 N–H and O–H groups in total. The lowest BCUT2D eigenvalue weighted by molar-refractivity contribution is -0.121. The van der Waals surface area contributed by atoms with Crippen molar-refractivity contribution in [3.63, 3.8) is 0 Å². The van der Waals surface area contributed by atoms with Crippen molar-refractivity contribution < 1.29 is 13.6 Å². The Morgan fingerprint density at radius 3 is 2.81 bits per heavy atom. The largest absolute Gasteiger partial charge is 0.369 e. The maximum Gasteiger partial charge on any atom is 0.220 e. The van der Waals surface area contributed by atoms with Gasteiger partial charge in [-0.15, -0.1) is 0 Å². The van der Waals surface area contributed by atoms with Gasteiger partial charge in [-0.3, -0.25) is 4.79 Å². The maximum absolute atomic E-state index is 13.4. The van der Waals surface area contributed by atoms with Crippen molar-refractivity contribution in [2.45, 2.75) is 19.3 Å². The molecule has 1 aromatic rings. The summed E-state index contributed by atoms with van der Waals surface area (Å²) < 4.78 is 26.4. The van der Waals surface area contributed by atoms with Gasteiger partial charge in [0.25, 0.3) is 0 Å². The van der Waals surface area contributed by atoms with E-state index in [0.29, 0.717) is 12.0 Å². The summed E-state index contributed by atoms with van der Waals surface area (Å²) >= 11 is 0. The molecule has 2 nitrogen and oxygen atoms in total. The van der Waals surface area contributed by atoms with Crippen molar-refractivity contribution in [3.05, 3.63) is 35.4 Å². The maximum atomic E-state index is 13.4. The predicted molar refractivity (Wildman–Crippen MR) is 55.6 cm³/mol. The summed E-state index contributed by atoms with van der Waals surface area (Å²) in [6.07, 6.45) is 0.699. The number of carbonyl (C=O) groups excluding carboxylic acids is 1. The van der Waals surface area contributed by atoms with Crippen LogP contribution in [0.4, 0.5) is 8.78 Å². The average Bonchev–Trinajstić information content (AvgIpc) is 3.00. The zero-order valence-corrected chi connectivity index (χ0v) is 8.91. The Bertz CT molecular complexity index is 433.